The Kier molecular flexibility index (Phi) is 5.22. The van der Waals surface area contributed by atoms with Gasteiger partial charge in [-0.2, -0.15) is 0 Å². The highest BCUT2D eigenvalue weighted by Gasteiger charge is 2.30. The molecule has 0 amide bonds. The Balaban J connectivity index is 1.68. The molecule has 2 saturated heterocycles. The summed E-state index contributed by atoms with van der Waals surface area (Å²) in [4.78, 5) is 5.04. The van der Waals surface area contributed by atoms with Crippen LogP contribution in [0.25, 0.3) is 0 Å². The Hall–Kier alpha value is -0.170. The quantitative estimate of drug-likeness (QED) is 0.800. The van der Waals surface area contributed by atoms with Crippen molar-refractivity contribution >= 4 is 10.0 Å². The molecule has 0 aromatic heterocycles. The van der Waals surface area contributed by atoms with E-state index in [4.69, 9.17) is 0 Å². The number of hydrogen-bond donors (Lipinski definition) is 1. The van der Waals surface area contributed by atoms with E-state index >= 15 is 0 Å². The van der Waals surface area contributed by atoms with Gasteiger partial charge in [-0.1, -0.05) is 0 Å². The first kappa shape index (κ1) is 15.2. The van der Waals surface area contributed by atoms with Crippen LogP contribution in [0.2, 0.25) is 0 Å². The topological polar surface area (TPSA) is 52.6 Å². The second kappa shape index (κ2) is 6.52. The molecule has 1 atom stereocenters. The first-order chi connectivity index (χ1) is 8.96. The van der Waals surface area contributed by atoms with Crippen molar-refractivity contribution in [2.24, 2.45) is 0 Å². The molecular weight excluding hydrogens is 262 g/mol. The second-order valence-corrected chi connectivity index (χ2v) is 7.80. The lowest BCUT2D eigenvalue weighted by Gasteiger charge is -2.38. The molecule has 112 valence electrons. The standard InChI is InChI=1S/C13H27N3O2S/c1-12-4-3-8-16(12)13-5-9-15(10-6-13)11-7-14-19(2,17)18/h12-14H,3-11H2,1-2H3. The molecule has 1 unspecified atom stereocenters. The van der Waals surface area contributed by atoms with Crippen LogP contribution >= 0.6 is 0 Å². The van der Waals surface area contributed by atoms with Crippen LogP contribution < -0.4 is 4.72 Å². The molecule has 2 aliphatic rings. The largest absolute Gasteiger partial charge is 0.302 e. The maximum atomic E-state index is 11.0. The number of rotatable bonds is 5. The first-order valence-corrected chi connectivity index (χ1v) is 9.27. The van der Waals surface area contributed by atoms with E-state index in [-0.39, 0.29) is 0 Å². The number of hydrogen-bond acceptors (Lipinski definition) is 4. The molecule has 19 heavy (non-hydrogen) atoms. The maximum absolute atomic E-state index is 11.0. The van der Waals surface area contributed by atoms with E-state index in [9.17, 15) is 8.42 Å². The summed E-state index contributed by atoms with van der Waals surface area (Å²) in [6, 6.07) is 1.50. The fraction of sp³-hybridized carbons (Fsp3) is 1.00. The molecule has 1 N–H and O–H groups in total. The molecule has 5 nitrogen and oxygen atoms in total. The zero-order valence-corrected chi connectivity index (χ0v) is 13.0. The zero-order chi connectivity index (χ0) is 13.9. The highest BCUT2D eigenvalue weighted by molar-refractivity contribution is 7.88. The molecule has 2 rings (SSSR count). The first-order valence-electron chi connectivity index (χ1n) is 7.38. The van der Waals surface area contributed by atoms with Crippen LogP contribution in [-0.2, 0) is 10.0 Å². The number of nitrogens with one attached hydrogen (secondary N) is 1. The van der Waals surface area contributed by atoms with Gasteiger partial charge in [0, 0.05) is 25.2 Å². The van der Waals surface area contributed by atoms with Gasteiger partial charge >= 0.3 is 0 Å². The monoisotopic (exact) mass is 289 g/mol. The Labute approximate surface area is 117 Å². The summed E-state index contributed by atoms with van der Waals surface area (Å²) < 4.78 is 24.6. The third-order valence-corrected chi connectivity index (χ3v) is 5.15. The van der Waals surface area contributed by atoms with Crippen LogP contribution in [0.15, 0.2) is 0 Å². The van der Waals surface area contributed by atoms with Gasteiger partial charge in [0.05, 0.1) is 6.26 Å². The minimum atomic E-state index is -3.04. The summed E-state index contributed by atoms with van der Waals surface area (Å²) >= 11 is 0. The van der Waals surface area contributed by atoms with E-state index in [0.717, 1.165) is 31.7 Å². The molecule has 0 aromatic carbocycles. The SMILES string of the molecule is CC1CCCN1C1CCN(CCNS(C)(=O)=O)CC1. The van der Waals surface area contributed by atoms with Gasteiger partial charge in [0.1, 0.15) is 0 Å². The van der Waals surface area contributed by atoms with Crippen LogP contribution in [0.4, 0.5) is 0 Å². The second-order valence-electron chi connectivity index (χ2n) is 5.97. The van der Waals surface area contributed by atoms with Gasteiger partial charge < -0.3 is 4.90 Å². The zero-order valence-electron chi connectivity index (χ0n) is 12.1. The van der Waals surface area contributed by atoms with Gasteiger partial charge in [0.25, 0.3) is 0 Å². The molecular formula is C13H27N3O2S. The van der Waals surface area contributed by atoms with E-state index in [1.54, 1.807) is 0 Å². The average molecular weight is 289 g/mol. The fourth-order valence-electron chi connectivity index (χ4n) is 3.36. The van der Waals surface area contributed by atoms with Gasteiger partial charge in [-0.25, -0.2) is 13.1 Å². The molecule has 2 aliphatic heterocycles. The van der Waals surface area contributed by atoms with Crippen LogP contribution in [0.1, 0.15) is 32.6 Å². The summed E-state index contributed by atoms with van der Waals surface area (Å²) in [5, 5.41) is 0. The summed E-state index contributed by atoms with van der Waals surface area (Å²) in [5.41, 5.74) is 0. The maximum Gasteiger partial charge on any atom is 0.208 e. The summed E-state index contributed by atoms with van der Waals surface area (Å²) in [6.07, 6.45) is 6.36. The summed E-state index contributed by atoms with van der Waals surface area (Å²) in [6.45, 7) is 7.16. The van der Waals surface area contributed by atoms with Crippen LogP contribution in [0.5, 0.6) is 0 Å². The molecule has 0 bridgehead atoms. The molecule has 0 aliphatic carbocycles. The molecule has 6 heteroatoms. The van der Waals surface area contributed by atoms with E-state index in [2.05, 4.69) is 21.4 Å². The Bertz CT molecular complexity index is 377. The van der Waals surface area contributed by atoms with Gasteiger partial charge in [-0.05, 0) is 52.2 Å². The molecule has 2 heterocycles. The summed E-state index contributed by atoms with van der Waals surface area (Å²) in [5.74, 6) is 0. The lowest BCUT2D eigenvalue weighted by atomic mass is 10.0. The van der Waals surface area contributed by atoms with Crippen molar-refractivity contribution < 1.29 is 8.42 Å². The Morgan fingerprint density at radius 1 is 1.16 bits per heavy atom. The highest BCUT2D eigenvalue weighted by Crippen LogP contribution is 2.25. The average Bonchev–Trinajstić information content (AvgIpc) is 2.75. The van der Waals surface area contributed by atoms with Crippen molar-refractivity contribution in [3.05, 3.63) is 0 Å². The molecule has 0 saturated carbocycles. The number of piperidine rings is 1. The summed E-state index contributed by atoms with van der Waals surface area (Å²) in [7, 11) is -3.04. The normalized spacial score (nSPS) is 28.0. The van der Waals surface area contributed by atoms with E-state index in [1.807, 2.05) is 0 Å². The van der Waals surface area contributed by atoms with Crippen molar-refractivity contribution in [3.8, 4) is 0 Å². The third-order valence-electron chi connectivity index (χ3n) is 4.42. The van der Waals surface area contributed by atoms with Crippen molar-refractivity contribution in [3.63, 3.8) is 0 Å². The third kappa shape index (κ3) is 4.70. The van der Waals surface area contributed by atoms with Gasteiger partial charge in [0.2, 0.25) is 10.0 Å². The van der Waals surface area contributed by atoms with E-state index in [0.29, 0.717) is 6.54 Å². The Morgan fingerprint density at radius 3 is 2.37 bits per heavy atom. The van der Waals surface area contributed by atoms with E-state index in [1.165, 1.54) is 38.5 Å². The van der Waals surface area contributed by atoms with Crippen LogP contribution in [0.3, 0.4) is 0 Å². The van der Waals surface area contributed by atoms with Crippen molar-refractivity contribution in [1.82, 2.24) is 14.5 Å². The van der Waals surface area contributed by atoms with Gasteiger partial charge in [-0.15, -0.1) is 0 Å². The highest BCUT2D eigenvalue weighted by atomic mass is 32.2. The molecule has 0 spiro atoms. The van der Waals surface area contributed by atoms with Crippen molar-refractivity contribution in [2.75, 3.05) is 39.0 Å². The van der Waals surface area contributed by atoms with E-state index < -0.39 is 10.0 Å². The van der Waals surface area contributed by atoms with Crippen LogP contribution in [-0.4, -0.2) is 69.3 Å². The van der Waals surface area contributed by atoms with Crippen molar-refractivity contribution in [2.45, 2.75) is 44.7 Å². The lowest BCUT2D eigenvalue weighted by Crippen LogP contribution is -2.47. The Morgan fingerprint density at radius 2 is 1.84 bits per heavy atom. The molecule has 2 fully saturated rings. The minimum absolute atomic E-state index is 0.531. The molecule has 0 aromatic rings. The number of nitrogens with zero attached hydrogens (tertiary/aromatic N) is 2. The number of likely N-dealkylation sites (tertiary alicyclic amines) is 2. The predicted octanol–water partition coefficient (Wildman–Crippen LogP) is 0.484. The smallest absolute Gasteiger partial charge is 0.208 e. The molecule has 0 radical (unpaired) electrons. The predicted molar refractivity (Wildman–Crippen MR) is 77.7 cm³/mol. The van der Waals surface area contributed by atoms with Crippen LogP contribution in [0, 0.1) is 0 Å². The lowest BCUT2D eigenvalue weighted by molar-refractivity contribution is 0.105. The van der Waals surface area contributed by atoms with Gasteiger partial charge in [0.15, 0.2) is 0 Å². The van der Waals surface area contributed by atoms with Gasteiger partial charge in [-0.3, -0.25) is 4.90 Å². The fourth-order valence-corrected chi connectivity index (χ4v) is 3.82. The minimum Gasteiger partial charge on any atom is -0.302 e. The number of sulfonamides is 1. The van der Waals surface area contributed by atoms with Crippen molar-refractivity contribution in [1.29, 1.82) is 0 Å².